The topological polar surface area (TPSA) is 74.7 Å². The zero-order valence-electron chi connectivity index (χ0n) is 14.7. The van der Waals surface area contributed by atoms with E-state index in [1.54, 1.807) is 30.3 Å². The fraction of sp³-hybridized carbons (Fsp3) is 0.316. The predicted octanol–water partition coefficient (Wildman–Crippen LogP) is 2.80. The summed E-state index contributed by atoms with van der Waals surface area (Å²) in [6.07, 6.45) is -5.46. The standard InChI is InChI=1S/C19H18F3NO4S/c20-19(21,22)18(25)9-10-23(13-18)17(24)15-7-4-8-16(11-15)28(26,27)12-14-5-2-1-3-6-14/h1-8,11,25H,9-10,12-13H2/t18-/m1/s1. The molecule has 3 rings (SSSR count). The third kappa shape index (κ3) is 4.05. The molecule has 9 heteroatoms. The zero-order valence-corrected chi connectivity index (χ0v) is 15.5. The Bertz CT molecular complexity index is 976. The Kier molecular flexibility index (Phi) is 5.24. The van der Waals surface area contributed by atoms with Gasteiger partial charge in [0.25, 0.3) is 5.91 Å². The average molecular weight is 413 g/mol. The van der Waals surface area contributed by atoms with Gasteiger partial charge in [-0.3, -0.25) is 4.79 Å². The molecule has 5 nitrogen and oxygen atoms in total. The summed E-state index contributed by atoms with van der Waals surface area (Å²) in [4.78, 5) is 13.3. The first-order valence-corrected chi connectivity index (χ1v) is 10.1. The highest BCUT2D eigenvalue weighted by atomic mass is 32.2. The summed E-state index contributed by atoms with van der Waals surface area (Å²) >= 11 is 0. The van der Waals surface area contributed by atoms with Crippen molar-refractivity contribution in [2.45, 2.75) is 28.8 Å². The van der Waals surface area contributed by atoms with Gasteiger partial charge in [0.2, 0.25) is 0 Å². The van der Waals surface area contributed by atoms with Crippen LogP contribution < -0.4 is 0 Å². The second kappa shape index (κ2) is 7.21. The Hall–Kier alpha value is -2.39. The van der Waals surface area contributed by atoms with Gasteiger partial charge in [-0.05, 0) is 23.8 Å². The number of amides is 1. The van der Waals surface area contributed by atoms with E-state index in [1.807, 2.05) is 0 Å². The first-order chi connectivity index (χ1) is 13.0. The van der Waals surface area contributed by atoms with E-state index in [4.69, 9.17) is 0 Å². The van der Waals surface area contributed by atoms with Gasteiger partial charge in [0.15, 0.2) is 15.4 Å². The number of rotatable bonds is 4. The van der Waals surface area contributed by atoms with Crippen molar-refractivity contribution >= 4 is 15.7 Å². The van der Waals surface area contributed by atoms with Crippen LogP contribution in [0, 0.1) is 0 Å². The monoisotopic (exact) mass is 413 g/mol. The first-order valence-electron chi connectivity index (χ1n) is 8.47. The van der Waals surface area contributed by atoms with Crippen LogP contribution in [0.3, 0.4) is 0 Å². The van der Waals surface area contributed by atoms with Gasteiger partial charge in [-0.1, -0.05) is 36.4 Å². The number of likely N-dealkylation sites (tertiary alicyclic amines) is 1. The summed E-state index contributed by atoms with van der Waals surface area (Å²) in [6.45, 7) is -1.15. The van der Waals surface area contributed by atoms with Gasteiger partial charge in [0.1, 0.15) is 0 Å². The van der Waals surface area contributed by atoms with Gasteiger partial charge in [0.05, 0.1) is 17.2 Å². The van der Waals surface area contributed by atoms with Crippen molar-refractivity contribution in [3.05, 3.63) is 65.7 Å². The molecule has 2 aromatic rings. The summed E-state index contributed by atoms with van der Waals surface area (Å²) < 4.78 is 64.1. The normalized spacial score (nSPS) is 20.4. The lowest BCUT2D eigenvalue weighted by Crippen LogP contribution is -2.48. The van der Waals surface area contributed by atoms with E-state index in [1.165, 1.54) is 18.2 Å². The van der Waals surface area contributed by atoms with Crippen molar-refractivity contribution in [3.63, 3.8) is 0 Å². The van der Waals surface area contributed by atoms with Crippen molar-refractivity contribution in [2.24, 2.45) is 0 Å². The van der Waals surface area contributed by atoms with E-state index >= 15 is 0 Å². The van der Waals surface area contributed by atoms with E-state index in [2.05, 4.69) is 0 Å². The fourth-order valence-electron chi connectivity index (χ4n) is 3.08. The molecule has 0 spiro atoms. The molecule has 0 unspecified atom stereocenters. The summed E-state index contributed by atoms with van der Waals surface area (Å²) in [5, 5.41) is 9.73. The molecule has 1 aliphatic rings. The quantitative estimate of drug-likeness (QED) is 0.837. The molecular formula is C19H18F3NO4S. The Labute approximate surface area is 160 Å². The van der Waals surface area contributed by atoms with Gasteiger partial charge < -0.3 is 10.0 Å². The molecule has 1 amide bonds. The van der Waals surface area contributed by atoms with Crippen LogP contribution in [0.15, 0.2) is 59.5 Å². The predicted molar refractivity (Wildman–Crippen MR) is 95.3 cm³/mol. The lowest BCUT2D eigenvalue weighted by Gasteiger charge is -2.26. The molecule has 0 aliphatic carbocycles. The van der Waals surface area contributed by atoms with Crippen molar-refractivity contribution in [1.29, 1.82) is 0 Å². The number of carbonyl (C=O) groups is 1. The van der Waals surface area contributed by atoms with Crippen LogP contribution in [-0.2, 0) is 15.6 Å². The van der Waals surface area contributed by atoms with Crippen LogP contribution in [-0.4, -0.2) is 49.2 Å². The van der Waals surface area contributed by atoms with Gasteiger partial charge in [-0.25, -0.2) is 8.42 Å². The molecule has 0 bridgehead atoms. The first kappa shape index (κ1) is 20.3. The van der Waals surface area contributed by atoms with Crippen molar-refractivity contribution in [2.75, 3.05) is 13.1 Å². The van der Waals surface area contributed by atoms with Crippen molar-refractivity contribution in [3.8, 4) is 0 Å². The number of carbonyl (C=O) groups excluding carboxylic acids is 1. The van der Waals surface area contributed by atoms with Crippen molar-refractivity contribution in [1.82, 2.24) is 4.90 Å². The number of β-amino-alcohol motifs (C(OH)–C–C–N with tert-alkyl or cyclic N) is 1. The molecule has 2 aromatic carbocycles. The molecule has 1 N–H and O–H groups in total. The SMILES string of the molecule is O=C(c1cccc(S(=O)(=O)Cc2ccccc2)c1)N1CC[C@](O)(C(F)(F)F)C1. The molecule has 0 saturated carbocycles. The van der Waals surface area contributed by atoms with Crippen LogP contribution in [0.5, 0.6) is 0 Å². The van der Waals surface area contributed by atoms with Crippen LogP contribution in [0.25, 0.3) is 0 Å². The van der Waals surface area contributed by atoms with Gasteiger partial charge in [-0.2, -0.15) is 13.2 Å². The lowest BCUT2D eigenvalue weighted by atomic mass is 10.0. The zero-order chi connectivity index (χ0) is 20.6. The minimum atomic E-state index is -4.84. The Morgan fingerprint density at radius 1 is 1.11 bits per heavy atom. The van der Waals surface area contributed by atoms with Crippen LogP contribution in [0.2, 0.25) is 0 Å². The second-order valence-electron chi connectivity index (χ2n) is 6.78. The highest BCUT2D eigenvalue weighted by Gasteiger charge is 2.57. The highest BCUT2D eigenvalue weighted by Crippen LogP contribution is 2.38. The number of sulfone groups is 1. The highest BCUT2D eigenvalue weighted by molar-refractivity contribution is 7.90. The maximum atomic E-state index is 12.9. The third-order valence-corrected chi connectivity index (χ3v) is 6.39. The maximum absolute atomic E-state index is 12.9. The fourth-order valence-corrected chi connectivity index (χ4v) is 4.47. The largest absolute Gasteiger partial charge is 0.419 e. The number of hydrogen-bond donors (Lipinski definition) is 1. The van der Waals surface area contributed by atoms with E-state index in [0.29, 0.717) is 5.56 Å². The lowest BCUT2D eigenvalue weighted by molar-refractivity contribution is -0.253. The number of alkyl halides is 3. The van der Waals surface area contributed by atoms with Gasteiger partial charge >= 0.3 is 6.18 Å². The summed E-state index contributed by atoms with van der Waals surface area (Å²) in [5.41, 5.74) is -2.41. The van der Waals surface area contributed by atoms with Crippen LogP contribution in [0.4, 0.5) is 13.2 Å². The van der Waals surface area contributed by atoms with E-state index in [-0.39, 0.29) is 22.8 Å². The Morgan fingerprint density at radius 2 is 1.79 bits per heavy atom. The van der Waals surface area contributed by atoms with Crippen LogP contribution in [0.1, 0.15) is 22.3 Å². The average Bonchev–Trinajstić information content (AvgIpc) is 3.05. The molecule has 0 aromatic heterocycles. The van der Waals surface area contributed by atoms with Gasteiger partial charge in [-0.15, -0.1) is 0 Å². The molecule has 1 fully saturated rings. The van der Waals surface area contributed by atoms with E-state index in [0.717, 1.165) is 11.0 Å². The van der Waals surface area contributed by atoms with E-state index < -0.39 is 40.5 Å². The number of aliphatic hydroxyl groups is 1. The minimum Gasteiger partial charge on any atom is -0.379 e. The molecule has 0 radical (unpaired) electrons. The second-order valence-corrected chi connectivity index (χ2v) is 8.77. The minimum absolute atomic E-state index is 0.0411. The summed E-state index contributed by atoms with van der Waals surface area (Å²) in [5.74, 6) is -1.01. The number of nitrogens with zero attached hydrogens (tertiary/aromatic N) is 1. The Balaban J connectivity index is 1.81. The molecule has 1 saturated heterocycles. The third-order valence-electron chi connectivity index (χ3n) is 4.70. The van der Waals surface area contributed by atoms with Gasteiger partial charge in [0, 0.05) is 18.5 Å². The van der Waals surface area contributed by atoms with Crippen LogP contribution >= 0.6 is 0 Å². The molecule has 150 valence electrons. The molecule has 1 heterocycles. The van der Waals surface area contributed by atoms with E-state index in [9.17, 15) is 31.5 Å². The Morgan fingerprint density at radius 3 is 2.39 bits per heavy atom. The number of benzene rings is 2. The van der Waals surface area contributed by atoms with Crippen molar-refractivity contribution < 1.29 is 31.5 Å². The summed E-state index contributed by atoms with van der Waals surface area (Å²) in [7, 11) is -3.74. The number of hydrogen-bond acceptors (Lipinski definition) is 4. The molecule has 28 heavy (non-hydrogen) atoms. The maximum Gasteiger partial charge on any atom is 0.419 e. The summed E-state index contributed by atoms with van der Waals surface area (Å²) in [6, 6.07) is 13.7. The molecular weight excluding hydrogens is 395 g/mol. The molecule has 1 aliphatic heterocycles. The smallest absolute Gasteiger partial charge is 0.379 e. The molecule has 1 atom stereocenters. The number of halogens is 3.